The molecule has 0 N–H and O–H groups in total. The monoisotopic (exact) mass is 319 g/mol. The third-order valence-electron chi connectivity index (χ3n) is 4.63. The molecule has 5 rings (SSSR count). The zero-order valence-electron chi connectivity index (χ0n) is 12.4. The minimum atomic E-state index is -4.37. The van der Waals surface area contributed by atoms with E-state index in [1.54, 1.807) is 12.3 Å². The number of halogens is 3. The Morgan fingerprint density at radius 1 is 1.04 bits per heavy atom. The number of hydrogen-bond donors (Lipinski definition) is 0. The van der Waals surface area contributed by atoms with Crippen molar-refractivity contribution in [3.05, 3.63) is 48.3 Å². The maximum Gasteiger partial charge on any atom is 0.417 e. The third-order valence-corrected chi connectivity index (χ3v) is 4.63. The number of aromatic nitrogens is 1. The van der Waals surface area contributed by atoms with Crippen LogP contribution in [0.15, 0.2) is 42.7 Å². The fourth-order valence-corrected chi connectivity index (χ4v) is 3.41. The van der Waals surface area contributed by atoms with E-state index in [4.69, 9.17) is 0 Å². The molecule has 6 heteroatoms. The van der Waals surface area contributed by atoms with Gasteiger partial charge in [-0.1, -0.05) is 18.2 Å². The standard InChI is InChI=1S/C17H16F3N3/c18-17(19,20)16-4-2-1-3-15(16)12-7-13(9-21-8-12)23-6-5-22-10-14(23)11-22/h1-4,7-9,14H,5-6,10-11H2. The van der Waals surface area contributed by atoms with E-state index in [2.05, 4.69) is 14.8 Å². The number of piperazine rings is 2. The minimum absolute atomic E-state index is 0.182. The van der Waals surface area contributed by atoms with E-state index in [0.717, 1.165) is 37.9 Å². The van der Waals surface area contributed by atoms with E-state index < -0.39 is 11.7 Å². The number of pyridine rings is 1. The van der Waals surface area contributed by atoms with Crippen molar-refractivity contribution in [2.24, 2.45) is 0 Å². The van der Waals surface area contributed by atoms with Crippen LogP contribution in [0.4, 0.5) is 18.9 Å². The number of anilines is 1. The van der Waals surface area contributed by atoms with Crippen molar-refractivity contribution in [2.75, 3.05) is 31.1 Å². The molecule has 1 aromatic carbocycles. The molecule has 0 amide bonds. The lowest BCUT2D eigenvalue weighted by Crippen LogP contribution is -2.66. The van der Waals surface area contributed by atoms with E-state index >= 15 is 0 Å². The van der Waals surface area contributed by atoms with Gasteiger partial charge in [-0.25, -0.2) is 0 Å². The molecule has 1 aromatic heterocycles. The molecule has 120 valence electrons. The van der Waals surface area contributed by atoms with Crippen molar-refractivity contribution in [1.29, 1.82) is 0 Å². The van der Waals surface area contributed by atoms with Crippen LogP contribution in [0.3, 0.4) is 0 Å². The van der Waals surface area contributed by atoms with Crippen molar-refractivity contribution in [1.82, 2.24) is 9.88 Å². The predicted molar refractivity (Wildman–Crippen MR) is 82.2 cm³/mol. The normalized spacial score (nSPS) is 23.5. The fourth-order valence-electron chi connectivity index (χ4n) is 3.41. The Bertz CT molecular complexity index is 720. The van der Waals surface area contributed by atoms with Gasteiger partial charge in [0.2, 0.25) is 0 Å². The van der Waals surface area contributed by atoms with Gasteiger partial charge in [-0.15, -0.1) is 0 Å². The van der Waals surface area contributed by atoms with Crippen molar-refractivity contribution in [3.63, 3.8) is 0 Å². The number of alkyl halides is 3. The summed E-state index contributed by atoms with van der Waals surface area (Å²) in [6, 6.07) is 7.95. The molecular formula is C17H16F3N3. The third kappa shape index (κ3) is 2.57. The molecule has 0 radical (unpaired) electrons. The maximum absolute atomic E-state index is 13.2. The molecule has 2 aromatic rings. The number of fused-ring (bicyclic) bond motifs is 2. The van der Waals surface area contributed by atoms with Crippen LogP contribution in [0, 0.1) is 0 Å². The number of rotatable bonds is 2. The smallest absolute Gasteiger partial charge is 0.363 e. The van der Waals surface area contributed by atoms with Crippen LogP contribution in [0.25, 0.3) is 11.1 Å². The first-order valence-corrected chi connectivity index (χ1v) is 7.63. The summed E-state index contributed by atoms with van der Waals surface area (Å²) in [5.41, 5.74) is 0.981. The second-order valence-corrected chi connectivity index (χ2v) is 6.08. The first-order chi connectivity index (χ1) is 11.0. The van der Waals surface area contributed by atoms with Crippen LogP contribution < -0.4 is 4.90 Å². The van der Waals surface area contributed by atoms with Gasteiger partial charge in [0.25, 0.3) is 0 Å². The molecule has 3 saturated heterocycles. The van der Waals surface area contributed by atoms with Gasteiger partial charge in [-0.05, 0) is 17.7 Å². The van der Waals surface area contributed by atoms with Crippen LogP contribution in [-0.4, -0.2) is 42.1 Å². The summed E-state index contributed by atoms with van der Waals surface area (Å²) in [7, 11) is 0. The SMILES string of the molecule is FC(F)(F)c1ccccc1-c1cncc(N2CCN3CC2C3)c1. The molecule has 0 unspecified atom stereocenters. The van der Waals surface area contributed by atoms with E-state index in [9.17, 15) is 13.2 Å². The van der Waals surface area contributed by atoms with Gasteiger partial charge in [0.15, 0.2) is 0 Å². The fraction of sp³-hybridized carbons (Fsp3) is 0.353. The Labute approximate surface area is 132 Å². The molecule has 0 saturated carbocycles. The minimum Gasteiger partial charge on any atom is -0.363 e. The molecule has 2 bridgehead atoms. The Balaban J connectivity index is 1.72. The van der Waals surface area contributed by atoms with Crippen LogP contribution in [0.1, 0.15) is 5.56 Å². The average molecular weight is 319 g/mol. The quantitative estimate of drug-likeness (QED) is 0.847. The van der Waals surface area contributed by atoms with Gasteiger partial charge in [0, 0.05) is 37.9 Å². The summed E-state index contributed by atoms with van der Waals surface area (Å²) in [6.07, 6.45) is -1.12. The lowest BCUT2D eigenvalue weighted by molar-refractivity contribution is -0.137. The van der Waals surface area contributed by atoms with Crippen LogP contribution in [0.5, 0.6) is 0 Å². The molecule has 3 fully saturated rings. The Kier molecular flexibility index (Phi) is 3.30. The topological polar surface area (TPSA) is 19.4 Å². The molecule has 3 nitrogen and oxygen atoms in total. The van der Waals surface area contributed by atoms with Gasteiger partial charge >= 0.3 is 6.18 Å². The Morgan fingerprint density at radius 3 is 2.52 bits per heavy atom. The summed E-state index contributed by atoms with van der Waals surface area (Å²) in [5, 5.41) is 0. The highest BCUT2D eigenvalue weighted by atomic mass is 19.4. The number of nitrogens with zero attached hydrogens (tertiary/aromatic N) is 3. The molecule has 0 atom stereocenters. The summed E-state index contributed by atoms with van der Waals surface area (Å²) >= 11 is 0. The highest BCUT2D eigenvalue weighted by Gasteiger charge is 2.37. The number of hydrogen-bond acceptors (Lipinski definition) is 3. The zero-order valence-corrected chi connectivity index (χ0v) is 12.4. The van der Waals surface area contributed by atoms with Gasteiger partial charge in [-0.2, -0.15) is 13.2 Å². The van der Waals surface area contributed by atoms with E-state index in [0.29, 0.717) is 11.6 Å². The van der Waals surface area contributed by atoms with Crippen molar-refractivity contribution >= 4 is 5.69 Å². The highest BCUT2D eigenvalue weighted by molar-refractivity contribution is 5.71. The number of benzene rings is 1. The Morgan fingerprint density at radius 2 is 1.83 bits per heavy atom. The summed E-state index contributed by atoms with van der Waals surface area (Å²) < 4.78 is 39.7. The molecule has 4 heterocycles. The Hall–Kier alpha value is -2.08. The first-order valence-electron chi connectivity index (χ1n) is 7.63. The van der Waals surface area contributed by atoms with Gasteiger partial charge in [0.1, 0.15) is 0 Å². The van der Waals surface area contributed by atoms with E-state index in [1.165, 1.54) is 18.3 Å². The van der Waals surface area contributed by atoms with Gasteiger partial charge < -0.3 is 4.90 Å². The molecule has 0 aliphatic carbocycles. The second-order valence-electron chi connectivity index (χ2n) is 6.08. The van der Waals surface area contributed by atoms with Crippen LogP contribution in [0.2, 0.25) is 0 Å². The van der Waals surface area contributed by atoms with Crippen molar-refractivity contribution in [2.45, 2.75) is 12.2 Å². The predicted octanol–water partition coefficient (Wildman–Crippen LogP) is 3.27. The van der Waals surface area contributed by atoms with Crippen LogP contribution >= 0.6 is 0 Å². The summed E-state index contributed by atoms with van der Waals surface area (Å²) in [6.45, 7) is 3.96. The molecular weight excluding hydrogens is 303 g/mol. The zero-order chi connectivity index (χ0) is 16.0. The van der Waals surface area contributed by atoms with Crippen LogP contribution in [-0.2, 0) is 6.18 Å². The molecule has 0 spiro atoms. The average Bonchev–Trinajstić information content (AvgIpc) is 2.53. The largest absolute Gasteiger partial charge is 0.417 e. The van der Waals surface area contributed by atoms with Gasteiger partial charge in [-0.3, -0.25) is 9.88 Å². The van der Waals surface area contributed by atoms with E-state index in [1.807, 2.05) is 6.07 Å². The van der Waals surface area contributed by atoms with Crippen molar-refractivity contribution < 1.29 is 13.2 Å². The summed E-state index contributed by atoms with van der Waals surface area (Å²) in [4.78, 5) is 8.82. The lowest BCUT2D eigenvalue weighted by Gasteiger charge is -2.52. The van der Waals surface area contributed by atoms with Crippen molar-refractivity contribution in [3.8, 4) is 11.1 Å². The highest BCUT2D eigenvalue weighted by Crippen LogP contribution is 2.38. The molecule has 23 heavy (non-hydrogen) atoms. The van der Waals surface area contributed by atoms with E-state index in [-0.39, 0.29) is 5.56 Å². The second kappa shape index (κ2) is 5.23. The first kappa shape index (κ1) is 14.5. The molecule has 3 aliphatic rings. The molecule has 3 aliphatic heterocycles. The lowest BCUT2D eigenvalue weighted by atomic mass is 9.98. The summed E-state index contributed by atoms with van der Waals surface area (Å²) in [5.74, 6) is 0. The van der Waals surface area contributed by atoms with Gasteiger partial charge in [0.05, 0.1) is 23.5 Å². The maximum atomic E-state index is 13.2.